The molecule has 0 radical (unpaired) electrons. The molecule has 2 aromatic heterocycles. The van der Waals surface area contributed by atoms with Crippen LogP contribution in [0, 0.1) is 0 Å². The van der Waals surface area contributed by atoms with Crippen molar-refractivity contribution in [3.05, 3.63) is 29.2 Å². The van der Waals surface area contributed by atoms with Crippen LogP contribution in [0.5, 0.6) is 0 Å². The second kappa shape index (κ2) is 7.28. The van der Waals surface area contributed by atoms with E-state index in [4.69, 9.17) is 9.05 Å². The molecule has 1 aliphatic carbocycles. The first-order valence-corrected chi connectivity index (χ1v) is 9.73. The molecule has 0 N–H and O–H groups in total. The topological polar surface area (TPSA) is 68.2 Å². The van der Waals surface area contributed by atoms with Crippen LogP contribution in [0.2, 0.25) is 0 Å². The first kappa shape index (κ1) is 16.8. The quantitative estimate of drug-likeness (QED) is 0.791. The molecule has 1 saturated carbocycles. The summed E-state index contributed by atoms with van der Waals surface area (Å²) in [5, 5.41) is 8.47. The van der Waals surface area contributed by atoms with Gasteiger partial charge in [0.2, 0.25) is 5.89 Å². The molecule has 0 aromatic carbocycles. The van der Waals surface area contributed by atoms with Crippen LogP contribution in [0.25, 0.3) is 0 Å². The van der Waals surface area contributed by atoms with E-state index < -0.39 is 0 Å². The minimum Gasteiger partial charge on any atom is -0.360 e. The molecule has 1 saturated heterocycles. The van der Waals surface area contributed by atoms with Crippen molar-refractivity contribution in [2.24, 2.45) is 0 Å². The van der Waals surface area contributed by atoms with Crippen LogP contribution in [-0.4, -0.2) is 26.7 Å². The molecule has 25 heavy (non-hydrogen) atoms. The molecule has 0 bridgehead atoms. The second-order valence-electron chi connectivity index (χ2n) is 7.83. The van der Waals surface area contributed by atoms with Crippen molar-refractivity contribution in [3.8, 4) is 0 Å². The number of hydrogen-bond acceptors (Lipinski definition) is 6. The number of nitrogens with zero attached hydrogens (tertiary/aromatic N) is 4. The predicted molar refractivity (Wildman–Crippen MR) is 93.1 cm³/mol. The molecule has 136 valence electrons. The van der Waals surface area contributed by atoms with Gasteiger partial charge in [0.15, 0.2) is 11.6 Å². The monoisotopic (exact) mass is 344 g/mol. The van der Waals surface area contributed by atoms with E-state index in [1.54, 1.807) is 0 Å². The lowest BCUT2D eigenvalue weighted by Crippen LogP contribution is -2.22. The molecule has 1 atom stereocenters. The summed E-state index contributed by atoms with van der Waals surface area (Å²) in [6.45, 7) is 5.97. The summed E-state index contributed by atoms with van der Waals surface area (Å²) >= 11 is 0. The van der Waals surface area contributed by atoms with Crippen LogP contribution in [0.3, 0.4) is 0 Å². The highest BCUT2D eigenvalue weighted by Gasteiger charge is 2.32. The molecule has 2 aliphatic rings. The lowest BCUT2D eigenvalue weighted by atomic mass is 9.87. The molecule has 2 aromatic rings. The Kier molecular flexibility index (Phi) is 4.88. The zero-order valence-electron chi connectivity index (χ0n) is 15.3. The van der Waals surface area contributed by atoms with Gasteiger partial charge < -0.3 is 9.05 Å². The fourth-order valence-corrected chi connectivity index (χ4v) is 4.11. The molecule has 3 heterocycles. The van der Waals surface area contributed by atoms with Crippen LogP contribution in [0.15, 0.2) is 15.1 Å². The Bertz CT molecular complexity index is 687. The van der Waals surface area contributed by atoms with Gasteiger partial charge in [-0.3, -0.25) is 4.90 Å². The van der Waals surface area contributed by atoms with Crippen molar-refractivity contribution in [1.29, 1.82) is 0 Å². The Morgan fingerprint density at radius 2 is 1.92 bits per heavy atom. The zero-order valence-corrected chi connectivity index (χ0v) is 15.3. The molecule has 6 heteroatoms. The van der Waals surface area contributed by atoms with Crippen LogP contribution < -0.4 is 0 Å². The lowest BCUT2D eigenvalue weighted by molar-refractivity contribution is 0.182. The normalized spacial score (nSPS) is 22.9. The van der Waals surface area contributed by atoms with Gasteiger partial charge in [0.1, 0.15) is 0 Å². The van der Waals surface area contributed by atoms with Gasteiger partial charge in [-0.05, 0) is 32.2 Å². The van der Waals surface area contributed by atoms with Crippen molar-refractivity contribution in [3.63, 3.8) is 0 Å². The molecule has 0 amide bonds. The van der Waals surface area contributed by atoms with Gasteiger partial charge in [-0.25, -0.2) is 0 Å². The lowest BCUT2D eigenvalue weighted by Gasteiger charge is -2.20. The number of rotatable bonds is 5. The Hall–Kier alpha value is -1.69. The fraction of sp³-hybridized carbons (Fsp3) is 0.737. The van der Waals surface area contributed by atoms with Crippen LogP contribution in [0.1, 0.15) is 99.8 Å². The molecule has 1 aliphatic heterocycles. The van der Waals surface area contributed by atoms with Gasteiger partial charge in [-0.1, -0.05) is 43.4 Å². The van der Waals surface area contributed by atoms with Crippen molar-refractivity contribution < 1.29 is 9.05 Å². The van der Waals surface area contributed by atoms with Gasteiger partial charge in [0.25, 0.3) is 0 Å². The zero-order chi connectivity index (χ0) is 17.2. The van der Waals surface area contributed by atoms with Crippen LogP contribution in [0.4, 0.5) is 0 Å². The standard InChI is InChI=1S/C19H28N4O2/c1-13(2)18-20-19(25-22-18)17-9-6-10-23(17)12-15-11-16(21-24-15)14-7-4-3-5-8-14/h11,13-14,17H,3-10,12H2,1-2H3. The fourth-order valence-electron chi connectivity index (χ4n) is 4.11. The molecular weight excluding hydrogens is 316 g/mol. The molecular formula is C19H28N4O2. The summed E-state index contributed by atoms with van der Waals surface area (Å²) in [5.41, 5.74) is 1.14. The van der Waals surface area contributed by atoms with E-state index in [-0.39, 0.29) is 6.04 Å². The van der Waals surface area contributed by atoms with E-state index in [9.17, 15) is 0 Å². The smallest absolute Gasteiger partial charge is 0.244 e. The third-order valence-electron chi connectivity index (χ3n) is 5.58. The van der Waals surface area contributed by atoms with Crippen molar-refractivity contribution in [1.82, 2.24) is 20.2 Å². The summed E-state index contributed by atoms with van der Waals surface area (Å²) in [5.74, 6) is 3.37. The maximum absolute atomic E-state index is 5.65. The first-order valence-electron chi connectivity index (χ1n) is 9.73. The van der Waals surface area contributed by atoms with Gasteiger partial charge in [0, 0.05) is 17.9 Å². The van der Waals surface area contributed by atoms with Crippen molar-refractivity contribution in [2.45, 2.75) is 83.2 Å². The number of aromatic nitrogens is 3. The van der Waals surface area contributed by atoms with Crippen molar-refractivity contribution >= 4 is 0 Å². The van der Waals surface area contributed by atoms with E-state index in [1.165, 1.54) is 32.1 Å². The number of hydrogen-bond donors (Lipinski definition) is 0. The minimum atomic E-state index is 0.197. The van der Waals surface area contributed by atoms with Crippen molar-refractivity contribution in [2.75, 3.05) is 6.54 Å². The predicted octanol–water partition coefficient (Wildman–Crippen LogP) is 4.57. The van der Waals surface area contributed by atoms with Crippen LogP contribution in [-0.2, 0) is 6.54 Å². The Morgan fingerprint density at radius 1 is 1.08 bits per heavy atom. The highest BCUT2D eigenvalue weighted by molar-refractivity contribution is 5.12. The highest BCUT2D eigenvalue weighted by Crippen LogP contribution is 2.35. The van der Waals surface area contributed by atoms with Gasteiger partial charge in [0.05, 0.1) is 18.3 Å². The average Bonchev–Trinajstić information content (AvgIpc) is 3.36. The Morgan fingerprint density at radius 3 is 2.68 bits per heavy atom. The van der Waals surface area contributed by atoms with E-state index in [0.29, 0.717) is 11.8 Å². The maximum Gasteiger partial charge on any atom is 0.244 e. The van der Waals surface area contributed by atoms with Gasteiger partial charge in [-0.15, -0.1) is 0 Å². The summed E-state index contributed by atoms with van der Waals surface area (Å²) in [7, 11) is 0. The summed E-state index contributed by atoms with van der Waals surface area (Å²) in [6.07, 6.45) is 8.69. The third kappa shape index (κ3) is 3.64. The molecule has 6 nitrogen and oxygen atoms in total. The minimum absolute atomic E-state index is 0.197. The average molecular weight is 344 g/mol. The largest absolute Gasteiger partial charge is 0.360 e. The van der Waals surface area contributed by atoms with E-state index >= 15 is 0 Å². The molecule has 1 unspecified atom stereocenters. The third-order valence-corrected chi connectivity index (χ3v) is 5.58. The summed E-state index contributed by atoms with van der Waals surface area (Å²) < 4.78 is 11.2. The SMILES string of the molecule is CC(C)c1noc(C2CCCN2Cc2cc(C3CCCCC3)no2)n1. The van der Waals surface area contributed by atoms with Gasteiger partial charge in [-0.2, -0.15) is 4.98 Å². The van der Waals surface area contributed by atoms with Gasteiger partial charge >= 0.3 is 0 Å². The van der Waals surface area contributed by atoms with E-state index in [1.807, 2.05) is 0 Å². The summed E-state index contributed by atoms with van der Waals surface area (Å²) in [6, 6.07) is 2.36. The first-order chi connectivity index (χ1) is 12.2. The number of likely N-dealkylation sites (tertiary alicyclic amines) is 1. The molecule has 0 spiro atoms. The maximum atomic E-state index is 5.65. The van der Waals surface area contributed by atoms with Crippen LogP contribution >= 0.6 is 0 Å². The van der Waals surface area contributed by atoms with E-state index in [2.05, 4.69) is 40.1 Å². The Balaban J connectivity index is 1.43. The molecule has 4 rings (SSSR count). The highest BCUT2D eigenvalue weighted by atomic mass is 16.5. The molecule has 2 fully saturated rings. The second-order valence-corrected chi connectivity index (χ2v) is 7.83. The summed E-state index contributed by atoms with van der Waals surface area (Å²) in [4.78, 5) is 6.97. The Labute approximate surface area is 148 Å². The van der Waals surface area contributed by atoms with E-state index in [0.717, 1.165) is 49.1 Å².